The first-order chi connectivity index (χ1) is 67.4. The quantitative estimate of drug-likeness (QED) is 0.0159. The third kappa shape index (κ3) is 37.1. The molecular weight excluding hydrogens is 2030 g/mol. The molecule has 6 aromatic rings. The predicted molar refractivity (Wildman–Crippen MR) is 520 cm³/mol. The van der Waals surface area contributed by atoms with Crippen LogP contribution in [0.15, 0.2) is 124 Å². The molecule has 141 heavy (non-hydrogen) atoms. The molecule has 2 fully saturated rings. The molecule has 39 nitrogen and oxygen atoms in total. The highest BCUT2D eigenvalue weighted by molar-refractivity contribution is 7.91. The maximum absolute atomic E-state index is 13.1. The van der Waals surface area contributed by atoms with Crippen molar-refractivity contribution < 1.29 is 142 Å². The van der Waals surface area contributed by atoms with E-state index < -0.39 is 102 Å². The summed E-state index contributed by atoms with van der Waals surface area (Å²) in [6.45, 7) is 18.4. The van der Waals surface area contributed by atoms with E-state index in [4.69, 9.17) is 123 Å². The maximum Gasteiger partial charge on any atom is 0.364 e. The summed E-state index contributed by atoms with van der Waals surface area (Å²) < 4.78 is 125. The van der Waals surface area contributed by atoms with Gasteiger partial charge in [-0.05, 0) is 155 Å². The van der Waals surface area contributed by atoms with Gasteiger partial charge < -0.3 is 89.3 Å². The molecule has 0 spiro atoms. The number of likely N-dealkylation sites (N-methyl/N-ethyl adjacent to an activating group) is 3. The van der Waals surface area contributed by atoms with E-state index in [1.807, 2.05) is 36.4 Å². The molecule has 6 aromatic carbocycles. The minimum Gasteiger partial charge on any atom is -0.394 e. The number of Topliss-reactive ketones (excluding diaryl/α,β-unsaturated/α-hetero) is 1. The van der Waals surface area contributed by atoms with E-state index in [-0.39, 0.29) is 181 Å². The second-order valence-corrected chi connectivity index (χ2v) is 40.6. The first-order valence-corrected chi connectivity index (χ1v) is 52.6. The number of ether oxygens (including phenoxy) is 8. The molecule has 0 aromatic heterocycles. The number of ketones is 1. The first-order valence-electron chi connectivity index (χ1n) is 45.7. The Kier molecular flexibility index (Phi) is 51.0. The van der Waals surface area contributed by atoms with E-state index in [1.54, 1.807) is 72.8 Å². The van der Waals surface area contributed by atoms with E-state index in [0.29, 0.717) is 101 Å². The van der Waals surface area contributed by atoms with Crippen molar-refractivity contribution in [2.45, 2.75) is 142 Å². The zero-order valence-corrected chi connectivity index (χ0v) is 85.3. The van der Waals surface area contributed by atoms with Crippen LogP contribution < -0.4 is 20.5 Å². The van der Waals surface area contributed by atoms with Crippen molar-refractivity contribution in [2.75, 3.05) is 190 Å². The fourth-order valence-electron chi connectivity index (χ4n) is 15.2. The third-order valence-corrected chi connectivity index (χ3v) is 29.0. The molecule has 5 amide bonds. The molecule has 780 valence electrons. The molecule has 0 bridgehead atoms. The van der Waals surface area contributed by atoms with Gasteiger partial charge in [-0.3, -0.25) is 43.5 Å². The highest BCUT2D eigenvalue weighted by Gasteiger charge is 2.43. The lowest BCUT2D eigenvalue weighted by Crippen LogP contribution is -2.47. The van der Waals surface area contributed by atoms with E-state index in [1.165, 1.54) is 0 Å². The Labute approximate surface area is 849 Å². The van der Waals surface area contributed by atoms with Crippen molar-refractivity contribution in [1.29, 1.82) is 0 Å². The number of nitrogens with one attached hydrogen (secondary N) is 3. The van der Waals surface area contributed by atoms with Crippen LogP contribution >= 0.6 is 69.6 Å². The van der Waals surface area contributed by atoms with Crippen LogP contribution in [0.3, 0.4) is 0 Å². The highest BCUT2D eigenvalue weighted by Crippen LogP contribution is 2.43. The number of aliphatic hydroxyl groups excluding tert-OH is 6. The molecule has 7 unspecified atom stereocenters. The number of imide groups is 2. The van der Waals surface area contributed by atoms with Crippen molar-refractivity contribution in [3.63, 3.8) is 0 Å². The van der Waals surface area contributed by atoms with Crippen molar-refractivity contribution >= 4 is 147 Å². The summed E-state index contributed by atoms with van der Waals surface area (Å²) >= 11 is 38.5. The van der Waals surface area contributed by atoms with E-state index in [2.05, 4.69) is 59.9 Å². The van der Waals surface area contributed by atoms with Gasteiger partial charge in [-0.2, -0.15) is 0 Å². The minimum atomic E-state index is -3.79. The summed E-state index contributed by atoms with van der Waals surface area (Å²) in [4.78, 5) is 108. The smallest absolute Gasteiger partial charge is 0.364 e. The predicted octanol–water partition coefficient (Wildman–Crippen LogP) is 5.79. The van der Waals surface area contributed by atoms with Gasteiger partial charge in [0, 0.05) is 159 Å². The van der Waals surface area contributed by atoms with Gasteiger partial charge in [0.25, 0.3) is 29.5 Å². The Balaban J connectivity index is 0.000000239. The summed E-state index contributed by atoms with van der Waals surface area (Å²) in [6.07, 6.45) is -8.94. The van der Waals surface area contributed by atoms with Crippen LogP contribution in [0.4, 0.5) is 0 Å². The number of hydroxylamine groups is 4. The van der Waals surface area contributed by atoms with Crippen LogP contribution in [0.2, 0.25) is 30.1 Å². The van der Waals surface area contributed by atoms with Crippen LogP contribution in [0.25, 0.3) is 0 Å². The Bertz CT molecular complexity index is 5410. The lowest BCUT2D eigenvalue weighted by atomic mass is 9.84. The average Bonchev–Trinajstić information content (AvgIpc) is 1.32. The van der Waals surface area contributed by atoms with Crippen LogP contribution in [0.5, 0.6) is 0 Å². The number of sulfone groups is 1. The zero-order valence-electron chi connectivity index (χ0n) is 78.3. The number of aliphatic hydroxyl groups is 6. The zero-order chi connectivity index (χ0) is 103. The minimum absolute atomic E-state index is 0.00186. The lowest BCUT2D eigenvalue weighted by molar-refractivity contribution is -0.216. The van der Waals surface area contributed by atoms with Crippen molar-refractivity contribution in [1.82, 2.24) is 39.6 Å². The lowest BCUT2D eigenvalue weighted by Gasteiger charge is -2.35. The van der Waals surface area contributed by atoms with E-state index in [9.17, 15) is 84.0 Å². The number of benzene rings is 6. The summed E-state index contributed by atoms with van der Waals surface area (Å²) in [6, 6.07) is 32.2. The molecule has 5 heterocycles. The fourth-order valence-corrected chi connectivity index (χ4v) is 20.4. The SMILES string of the molecule is CCN1Cc2c(Cl)cc(Cl)cc2C(c2cccc(S(=O)(=O)CCCOCCO)c2)C1.CCN1Cc2c(Cl)cc(Cl)cc2C(c2cccc(S(=O)(=O)NCCOCCOCCOCCN)c2)C1.CCN1Cc2c(Cl)cc(Cl)cc2C(c2cccc(S(=O)(=O)NCCOCCOCCOCCNC(=O)C(O)C(O)C(=O)CCCOCCO)c2)C1.O=C(ON1C(=O)CCC1=O)C(O)C(O)C(=O)ON1C(=O)CCC1=O. The van der Waals surface area contributed by atoms with Gasteiger partial charge >= 0.3 is 11.9 Å². The molecule has 11 rings (SSSR count). The average molecular weight is 2160 g/mol. The molecule has 7 atom stereocenters. The van der Waals surface area contributed by atoms with Gasteiger partial charge in [0.2, 0.25) is 20.0 Å². The molecular formula is C93H123Cl6N9O30S3. The largest absolute Gasteiger partial charge is 0.394 e. The Morgan fingerprint density at radius 2 is 0.738 bits per heavy atom. The standard InChI is InChI=1S/C34H49Cl2N3O11S.C25H35Cl2N3O5S.C22H27Cl2NO4S.C12H12N2O10/c1-2-39-22-28(27-20-25(35)21-30(36)29(27)23-39)24-5-3-6-26(19-24)51(45,46)38-9-13-49-16-18-50-17-15-48-12-8-37-34(44)33(43)32(42)31(41)7-4-11-47-14-10-40;1-2-30-17-23(22-15-20(26)16-25(27)24(22)18-30)19-4-3-5-21(14-19)36(31,32)29-7-9-34-11-13-35-12-10-33-8-6-28;1-2-25-14-20(19-12-17(23)13-22(24)21(19)15-25)16-5-3-6-18(11-16)30(27,28)10-4-8-29-9-7-26;15-5-1-2-6(16)13(5)23-11(21)9(19)10(20)12(22)24-14-7(17)3-4-8(14)18/h3,5-6,19-21,28,32-33,38,40,42-43H,2,4,7-18,22-23H2,1H3,(H,37,44);3-5,14-16,23,29H,2,6-13,17-18,28H2,1H3;3,5-6,11-13,20,26H,2,4,7-10,14-15H2,1H3;9-10,19-20H,1-4H2. The number of amides is 5. The number of carbonyl (C=O) groups excluding carboxylic acids is 8. The monoisotopic (exact) mass is 2150 g/mol. The fraction of sp³-hybridized carbons (Fsp3) is 0.527. The number of hydrogen-bond acceptors (Lipinski definition) is 34. The summed E-state index contributed by atoms with van der Waals surface area (Å²) in [5.41, 5.74) is 14.2. The number of carbonyl (C=O) groups is 8. The molecule has 48 heteroatoms. The molecule has 5 aliphatic heterocycles. The Morgan fingerprint density at radius 1 is 0.411 bits per heavy atom. The van der Waals surface area contributed by atoms with Gasteiger partial charge in [0.15, 0.2) is 33.9 Å². The molecule has 0 aliphatic carbocycles. The van der Waals surface area contributed by atoms with E-state index in [0.717, 1.165) is 95.9 Å². The van der Waals surface area contributed by atoms with Crippen LogP contribution in [-0.2, 0) is 135 Å². The number of nitrogens with zero attached hydrogens (tertiary/aromatic N) is 5. The van der Waals surface area contributed by atoms with Gasteiger partial charge in [-0.25, -0.2) is 44.3 Å². The van der Waals surface area contributed by atoms with Crippen LogP contribution in [-0.4, -0.2) is 343 Å². The number of fused-ring (bicyclic) bond motifs is 3. The van der Waals surface area contributed by atoms with Crippen LogP contribution in [0, 0.1) is 0 Å². The number of halogens is 6. The highest BCUT2D eigenvalue weighted by atomic mass is 35.5. The van der Waals surface area contributed by atoms with Gasteiger partial charge in [-0.15, -0.1) is 10.1 Å². The molecule has 5 aliphatic rings. The van der Waals surface area contributed by atoms with E-state index >= 15 is 0 Å². The number of rotatable bonds is 54. The summed E-state index contributed by atoms with van der Waals surface area (Å²) in [5, 5.41) is 62.4. The normalized spacial score (nSPS) is 17.1. The Hall–Kier alpha value is -7.53. The number of sulfonamides is 2. The molecule has 0 saturated carbocycles. The summed E-state index contributed by atoms with van der Waals surface area (Å²) in [7, 11) is -10.9. The second-order valence-electron chi connectivity index (χ2n) is 32.5. The molecule has 0 radical (unpaired) electrons. The topological polar surface area (TPSA) is 531 Å². The van der Waals surface area contributed by atoms with Gasteiger partial charge in [0.05, 0.1) is 126 Å². The number of hydrogen-bond donors (Lipinski definition) is 10. The molecule has 2 saturated heterocycles. The second kappa shape index (κ2) is 60.5. The Morgan fingerprint density at radius 3 is 1.09 bits per heavy atom. The van der Waals surface area contributed by atoms with Crippen molar-refractivity contribution in [3.05, 3.63) is 189 Å². The van der Waals surface area contributed by atoms with Crippen molar-refractivity contribution in [2.24, 2.45) is 5.73 Å². The number of nitrogens with two attached hydrogens (primary N) is 1. The van der Waals surface area contributed by atoms with Gasteiger partial charge in [0.1, 0.15) is 6.10 Å². The third-order valence-electron chi connectivity index (χ3n) is 22.6. The van der Waals surface area contributed by atoms with Gasteiger partial charge in [-0.1, -0.05) is 127 Å². The summed E-state index contributed by atoms with van der Waals surface area (Å²) in [5.74, 6) is -8.36. The molecule has 11 N–H and O–H groups in total. The first kappa shape index (κ1) is 119. The van der Waals surface area contributed by atoms with Crippen molar-refractivity contribution in [3.8, 4) is 0 Å². The maximum atomic E-state index is 13.1. The van der Waals surface area contributed by atoms with Crippen LogP contribution in [0.1, 0.15) is 134 Å².